The van der Waals surface area contributed by atoms with Crippen molar-refractivity contribution in [2.75, 3.05) is 44.2 Å². The van der Waals surface area contributed by atoms with Crippen LogP contribution >= 0.6 is 0 Å². The van der Waals surface area contributed by atoms with E-state index < -0.39 is 0 Å². The Balaban J connectivity index is 1.81. The molecule has 4 heteroatoms. The number of hydrogen-bond donors (Lipinski definition) is 2. The molecule has 4 nitrogen and oxygen atoms in total. The lowest BCUT2D eigenvalue weighted by Crippen LogP contribution is -2.46. The summed E-state index contributed by atoms with van der Waals surface area (Å²) in [5.41, 5.74) is 0.938. The fraction of sp³-hybridized carbons (Fsp3) is 0.571. The van der Waals surface area contributed by atoms with Gasteiger partial charge in [0.2, 0.25) is 0 Å². The number of nitrogens with zero attached hydrogens (tertiary/aromatic N) is 2. The molecule has 0 unspecified atom stereocenters. The highest BCUT2D eigenvalue weighted by molar-refractivity contribution is 5.57. The number of benzene rings is 1. The smallest absolute Gasteiger partial charge is 0.138 e. The summed E-state index contributed by atoms with van der Waals surface area (Å²) in [7, 11) is 0. The molecular weight excluding hydrogens is 228 g/mol. The molecule has 1 aromatic carbocycles. The van der Waals surface area contributed by atoms with Gasteiger partial charge in [-0.3, -0.25) is 4.90 Å². The van der Waals surface area contributed by atoms with Crippen molar-refractivity contribution >= 4 is 5.69 Å². The van der Waals surface area contributed by atoms with Gasteiger partial charge in [0.1, 0.15) is 5.75 Å². The van der Waals surface area contributed by atoms with Gasteiger partial charge in [-0.2, -0.15) is 0 Å². The number of unbranched alkanes of at least 4 members (excludes halogenated alkanes) is 1. The number of aromatic hydroxyl groups is 1. The number of rotatable bonds is 5. The Labute approximate surface area is 108 Å². The van der Waals surface area contributed by atoms with E-state index in [9.17, 15) is 5.11 Å². The molecule has 1 fully saturated rings. The average molecular weight is 250 g/mol. The molecule has 1 aliphatic heterocycles. The SMILES string of the molecule is OCCCCN1CCN(c2ccccc2O)CC1. The van der Waals surface area contributed by atoms with E-state index in [1.165, 1.54) is 0 Å². The molecule has 0 spiro atoms. The first-order valence-corrected chi connectivity index (χ1v) is 6.67. The Kier molecular flexibility index (Phi) is 4.84. The predicted molar refractivity (Wildman–Crippen MR) is 73.1 cm³/mol. The van der Waals surface area contributed by atoms with Gasteiger partial charge in [-0.1, -0.05) is 12.1 Å². The van der Waals surface area contributed by atoms with Gasteiger partial charge < -0.3 is 15.1 Å². The quantitative estimate of drug-likeness (QED) is 0.773. The van der Waals surface area contributed by atoms with Gasteiger partial charge in [0.25, 0.3) is 0 Å². The van der Waals surface area contributed by atoms with Crippen LogP contribution in [0.1, 0.15) is 12.8 Å². The largest absolute Gasteiger partial charge is 0.506 e. The number of phenols is 1. The molecule has 0 atom stereocenters. The van der Waals surface area contributed by atoms with Crippen molar-refractivity contribution in [2.45, 2.75) is 12.8 Å². The lowest BCUT2D eigenvalue weighted by molar-refractivity contribution is 0.232. The second kappa shape index (κ2) is 6.61. The zero-order valence-electron chi connectivity index (χ0n) is 10.8. The van der Waals surface area contributed by atoms with E-state index in [0.717, 1.165) is 51.3 Å². The highest BCUT2D eigenvalue weighted by Gasteiger charge is 2.18. The minimum Gasteiger partial charge on any atom is -0.506 e. The summed E-state index contributed by atoms with van der Waals surface area (Å²) in [4.78, 5) is 4.66. The van der Waals surface area contributed by atoms with E-state index in [4.69, 9.17) is 5.11 Å². The Morgan fingerprint density at radius 1 is 1.00 bits per heavy atom. The molecular formula is C14H22N2O2. The van der Waals surface area contributed by atoms with Gasteiger partial charge in [0.05, 0.1) is 5.69 Å². The number of hydrogen-bond acceptors (Lipinski definition) is 4. The summed E-state index contributed by atoms with van der Waals surface area (Å²) < 4.78 is 0. The van der Waals surface area contributed by atoms with Crippen LogP contribution in [0, 0.1) is 0 Å². The second-order valence-electron chi connectivity index (χ2n) is 4.75. The number of aliphatic hydroxyl groups is 1. The summed E-state index contributed by atoms with van der Waals surface area (Å²) in [6, 6.07) is 7.52. The lowest BCUT2D eigenvalue weighted by atomic mass is 10.2. The summed E-state index contributed by atoms with van der Waals surface area (Å²) in [6.45, 7) is 5.32. The number of phenolic OH excluding ortho intramolecular Hbond substituents is 1. The van der Waals surface area contributed by atoms with Gasteiger partial charge in [0.15, 0.2) is 0 Å². The molecule has 0 bridgehead atoms. The fourth-order valence-corrected chi connectivity index (χ4v) is 2.39. The Hall–Kier alpha value is -1.26. The molecule has 2 N–H and O–H groups in total. The van der Waals surface area contributed by atoms with E-state index in [-0.39, 0.29) is 6.61 Å². The maximum absolute atomic E-state index is 9.82. The van der Waals surface area contributed by atoms with Crippen LogP contribution in [0.15, 0.2) is 24.3 Å². The minimum atomic E-state index is 0.290. The third-order valence-corrected chi connectivity index (χ3v) is 3.48. The molecule has 0 aromatic heterocycles. The van der Waals surface area contributed by atoms with E-state index in [2.05, 4.69) is 9.80 Å². The minimum absolute atomic E-state index is 0.290. The topological polar surface area (TPSA) is 46.9 Å². The monoisotopic (exact) mass is 250 g/mol. The lowest BCUT2D eigenvalue weighted by Gasteiger charge is -2.36. The molecule has 1 heterocycles. The highest BCUT2D eigenvalue weighted by Crippen LogP contribution is 2.27. The fourth-order valence-electron chi connectivity index (χ4n) is 2.39. The van der Waals surface area contributed by atoms with Crippen molar-refractivity contribution in [3.05, 3.63) is 24.3 Å². The third kappa shape index (κ3) is 3.37. The van der Waals surface area contributed by atoms with Crippen LogP contribution in [0.3, 0.4) is 0 Å². The molecule has 0 aliphatic carbocycles. The molecule has 0 amide bonds. The summed E-state index contributed by atoms with van der Waals surface area (Å²) in [6.07, 6.45) is 1.95. The van der Waals surface area contributed by atoms with Crippen molar-refractivity contribution in [1.29, 1.82) is 0 Å². The Morgan fingerprint density at radius 3 is 2.39 bits per heavy atom. The van der Waals surface area contributed by atoms with Gasteiger partial charge in [-0.25, -0.2) is 0 Å². The molecule has 18 heavy (non-hydrogen) atoms. The van der Waals surface area contributed by atoms with Crippen LogP contribution in [0.2, 0.25) is 0 Å². The van der Waals surface area contributed by atoms with E-state index in [1.54, 1.807) is 6.07 Å². The summed E-state index contributed by atoms with van der Waals surface area (Å²) in [5, 5.41) is 18.6. The highest BCUT2D eigenvalue weighted by atomic mass is 16.3. The van der Waals surface area contributed by atoms with Crippen LogP contribution in [0.25, 0.3) is 0 Å². The van der Waals surface area contributed by atoms with Crippen molar-refractivity contribution in [3.8, 4) is 5.75 Å². The van der Waals surface area contributed by atoms with Crippen LogP contribution in [-0.4, -0.2) is 54.4 Å². The van der Waals surface area contributed by atoms with Crippen LogP contribution < -0.4 is 4.90 Å². The molecule has 1 aromatic rings. The Bertz CT molecular complexity index is 363. The van der Waals surface area contributed by atoms with Crippen molar-refractivity contribution in [1.82, 2.24) is 4.90 Å². The van der Waals surface area contributed by atoms with Gasteiger partial charge in [0, 0.05) is 32.8 Å². The maximum atomic E-state index is 9.82. The first-order chi connectivity index (χ1) is 8.81. The van der Waals surface area contributed by atoms with Crippen LogP contribution in [0.5, 0.6) is 5.75 Å². The number of para-hydroxylation sites is 2. The van der Waals surface area contributed by atoms with Gasteiger partial charge >= 0.3 is 0 Å². The third-order valence-electron chi connectivity index (χ3n) is 3.48. The van der Waals surface area contributed by atoms with Crippen LogP contribution in [0.4, 0.5) is 5.69 Å². The van der Waals surface area contributed by atoms with Crippen LogP contribution in [-0.2, 0) is 0 Å². The Morgan fingerprint density at radius 2 is 1.72 bits per heavy atom. The van der Waals surface area contributed by atoms with E-state index in [1.807, 2.05) is 18.2 Å². The van der Waals surface area contributed by atoms with Crippen molar-refractivity contribution in [3.63, 3.8) is 0 Å². The maximum Gasteiger partial charge on any atom is 0.138 e. The first kappa shape index (κ1) is 13.2. The number of anilines is 1. The normalized spacial score (nSPS) is 17.1. The summed E-state index contributed by atoms with van der Waals surface area (Å²) in [5.74, 6) is 0.367. The molecule has 1 aliphatic rings. The molecule has 0 saturated carbocycles. The number of aliphatic hydroxyl groups excluding tert-OH is 1. The van der Waals surface area contributed by atoms with E-state index in [0.29, 0.717) is 5.75 Å². The molecule has 100 valence electrons. The standard InChI is InChI=1S/C14H22N2O2/c17-12-4-3-7-15-8-10-16(11-9-15)13-5-1-2-6-14(13)18/h1-2,5-6,17-18H,3-4,7-12H2. The first-order valence-electron chi connectivity index (χ1n) is 6.67. The molecule has 1 saturated heterocycles. The average Bonchev–Trinajstić information content (AvgIpc) is 2.41. The number of piperazine rings is 1. The second-order valence-corrected chi connectivity index (χ2v) is 4.75. The predicted octanol–water partition coefficient (Wildman–Crippen LogP) is 1.29. The van der Waals surface area contributed by atoms with Crippen molar-refractivity contribution < 1.29 is 10.2 Å². The van der Waals surface area contributed by atoms with E-state index >= 15 is 0 Å². The molecule has 2 rings (SSSR count). The zero-order chi connectivity index (χ0) is 12.8. The van der Waals surface area contributed by atoms with Gasteiger partial charge in [-0.05, 0) is 31.5 Å². The summed E-state index contributed by atoms with van der Waals surface area (Å²) >= 11 is 0. The zero-order valence-corrected chi connectivity index (χ0v) is 10.8. The van der Waals surface area contributed by atoms with Gasteiger partial charge in [-0.15, -0.1) is 0 Å². The molecule has 0 radical (unpaired) electrons. The van der Waals surface area contributed by atoms with Crippen molar-refractivity contribution in [2.24, 2.45) is 0 Å².